The second-order valence-corrected chi connectivity index (χ2v) is 6.39. The zero-order valence-corrected chi connectivity index (χ0v) is 15.1. The van der Waals surface area contributed by atoms with Crippen molar-refractivity contribution in [1.82, 2.24) is 4.90 Å². The van der Waals surface area contributed by atoms with Gasteiger partial charge in [0.2, 0.25) is 6.79 Å². The van der Waals surface area contributed by atoms with Gasteiger partial charge < -0.3 is 23.8 Å². The van der Waals surface area contributed by atoms with Gasteiger partial charge in [-0.15, -0.1) is 0 Å². The highest BCUT2D eigenvalue weighted by Crippen LogP contribution is 2.45. The van der Waals surface area contributed by atoms with Crippen molar-refractivity contribution in [3.63, 3.8) is 0 Å². The molecule has 0 aliphatic carbocycles. The van der Waals surface area contributed by atoms with Gasteiger partial charge in [0, 0.05) is 13.1 Å². The molecular weight excluding hydrogens is 379 g/mol. The number of carbonyl (C=O) groups is 1. The number of rotatable bonds is 2. The Morgan fingerprint density at radius 1 is 0.929 bits per heavy atom. The Labute approximate surface area is 158 Å². The summed E-state index contributed by atoms with van der Waals surface area (Å²) in [5.41, 5.74) is 2.32. The molecule has 0 N–H and O–H groups in total. The standard InChI is InChI=1S/C19H16F3NO5/c1-25-14-3-10-7-23(18(24)19(20,21)22)8-11-4-16-17(28-9-27-16)6-13(11)12(10)5-15(14)26-2/h3-6H,7-9H2,1-2H3. The summed E-state index contributed by atoms with van der Waals surface area (Å²) in [6, 6.07) is 6.60. The van der Waals surface area contributed by atoms with Crippen LogP contribution in [0.2, 0.25) is 0 Å². The van der Waals surface area contributed by atoms with Crippen LogP contribution in [0.1, 0.15) is 11.1 Å². The number of fused-ring (bicyclic) bond motifs is 4. The molecular formula is C19H16F3NO5. The third kappa shape index (κ3) is 2.96. The number of hydrogen-bond donors (Lipinski definition) is 0. The Kier molecular flexibility index (Phi) is 4.24. The number of halogens is 3. The van der Waals surface area contributed by atoms with Crippen LogP contribution in [0.5, 0.6) is 23.0 Å². The number of ether oxygens (including phenoxy) is 4. The molecule has 28 heavy (non-hydrogen) atoms. The number of amides is 1. The lowest BCUT2D eigenvalue weighted by Crippen LogP contribution is -2.39. The molecule has 9 heteroatoms. The van der Waals surface area contributed by atoms with Crippen LogP contribution >= 0.6 is 0 Å². The lowest BCUT2D eigenvalue weighted by molar-refractivity contribution is -0.186. The Bertz CT molecular complexity index is 958. The molecule has 1 amide bonds. The molecule has 0 fully saturated rings. The van der Waals surface area contributed by atoms with Crippen molar-refractivity contribution in [2.45, 2.75) is 19.3 Å². The maximum Gasteiger partial charge on any atom is 0.471 e. The molecule has 4 rings (SSSR count). The second-order valence-electron chi connectivity index (χ2n) is 6.39. The van der Waals surface area contributed by atoms with Gasteiger partial charge in [0.1, 0.15) is 0 Å². The van der Waals surface area contributed by atoms with Crippen LogP contribution in [-0.4, -0.2) is 38.0 Å². The quantitative estimate of drug-likeness (QED) is 0.779. The highest BCUT2D eigenvalue weighted by molar-refractivity contribution is 5.84. The van der Waals surface area contributed by atoms with E-state index in [2.05, 4.69) is 0 Å². The molecule has 2 aliphatic heterocycles. The molecule has 0 saturated carbocycles. The molecule has 6 nitrogen and oxygen atoms in total. The largest absolute Gasteiger partial charge is 0.493 e. The van der Waals surface area contributed by atoms with Gasteiger partial charge in [-0.1, -0.05) is 0 Å². The molecule has 2 heterocycles. The predicted molar refractivity (Wildman–Crippen MR) is 91.4 cm³/mol. The minimum atomic E-state index is -4.97. The molecule has 0 aromatic heterocycles. The molecule has 0 atom stereocenters. The van der Waals surface area contributed by atoms with E-state index in [9.17, 15) is 18.0 Å². The highest BCUT2D eigenvalue weighted by atomic mass is 19.4. The van der Waals surface area contributed by atoms with Crippen molar-refractivity contribution in [1.29, 1.82) is 0 Å². The van der Waals surface area contributed by atoms with Crippen LogP contribution in [-0.2, 0) is 17.9 Å². The number of carbonyl (C=O) groups excluding carboxylic acids is 1. The fraction of sp³-hybridized carbons (Fsp3) is 0.316. The first-order valence-electron chi connectivity index (χ1n) is 8.35. The monoisotopic (exact) mass is 395 g/mol. The van der Waals surface area contributed by atoms with E-state index in [-0.39, 0.29) is 19.9 Å². The Morgan fingerprint density at radius 3 is 2.07 bits per heavy atom. The number of hydrogen-bond acceptors (Lipinski definition) is 5. The summed E-state index contributed by atoms with van der Waals surface area (Å²) in [6.07, 6.45) is -4.97. The molecule has 0 saturated heterocycles. The van der Waals surface area contributed by atoms with Crippen LogP contribution in [0, 0.1) is 0 Å². The van der Waals surface area contributed by atoms with Gasteiger partial charge in [-0.05, 0) is 46.5 Å². The summed E-state index contributed by atoms with van der Waals surface area (Å²) < 4.78 is 60.7. The maximum absolute atomic E-state index is 13.1. The van der Waals surface area contributed by atoms with Gasteiger partial charge in [0.25, 0.3) is 0 Å². The maximum atomic E-state index is 13.1. The average molecular weight is 395 g/mol. The molecule has 0 unspecified atom stereocenters. The average Bonchev–Trinajstić information content (AvgIpc) is 3.06. The van der Waals surface area contributed by atoms with Gasteiger partial charge in [-0.2, -0.15) is 13.2 Å². The van der Waals surface area contributed by atoms with E-state index in [1.807, 2.05) is 0 Å². The van der Waals surface area contributed by atoms with E-state index in [4.69, 9.17) is 18.9 Å². The zero-order chi connectivity index (χ0) is 20.1. The highest BCUT2D eigenvalue weighted by Gasteiger charge is 2.43. The lowest BCUT2D eigenvalue weighted by atomic mass is 9.95. The van der Waals surface area contributed by atoms with Crippen molar-refractivity contribution in [3.8, 4) is 34.1 Å². The molecule has 2 aromatic carbocycles. The van der Waals surface area contributed by atoms with Crippen LogP contribution in [0.3, 0.4) is 0 Å². The first kappa shape index (κ1) is 18.3. The second kappa shape index (κ2) is 6.50. The molecule has 2 aromatic rings. The molecule has 0 radical (unpaired) electrons. The van der Waals surface area contributed by atoms with Crippen LogP contribution in [0.15, 0.2) is 24.3 Å². The fourth-order valence-corrected chi connectivity index (χ4v) is 3.46. The summed E-state index contributed by atoms with van der Waals surface area (Å²) in [5, 5.41) is 0. The van der Waals surface area contributed by atoms with Gasteiger partial charge in [-0.25, -0.2) is 0 Å². The van der Waals surface area contributed by atoms with Crippen molar-refractivity contribution >= 4 is 5.91 Å². The third-order valence-electron chi connectivity index (χ3n) is 4.75. The van der Waals surface area contributed by atoms with Gasteiger partial charge >= 0.3 is 12.1 Å². The minimum absolute atomic E-state index is 0.0300. The molecule has 0 spiro atoms. The number of alkyl halides is 3. The van der Waals surface area contributed by atoms with E-state index >= 15 is 0 Å². The van der Waals surface area contributed by atoms with Crippen LogP contribution < -0.4 is 18.9 Å². The van der Waals surface area contributed by atoms with Gasteiger partial charge in [0.05, 0.1) is 14.2 Å². The van der Waals surface area contributed by atoms with Crippen LogP contribution in [0.25, 0.3) is 11.1 Å². The van der Waals surface area contributed by atoms with Gasteiger partial charge in [0.15, 0.2) is 23.0 Å². The number of nitrogens with zero attached hydrogens (tertiary/aromatic N) is 1. The number of methoxy groups -OCH3 is 2. The lowest BCUT2D eigenvalue weighted by Gasteiger charge is -2.23. The SMILES string of the molecule is COc1cc2c(cc1OC)-c1cc3c(cc1CN(C(=O)C(F)(F)F)C2)OCO3. The smallest absolute Gasteiger partial charge is 0.471 e. The third-order valence-corrected chi connectivity index (χ3v) is 4.75. The number of benzene rings is 2. The molecule has 0 bridgehead atoms. The fourth-order valence-electron chi connectivity index (χ4n) is 3.46. The van der Waals surface area contributed by atoms with E-state index < -0.39 is 12.1 Å². The summed E-state index contributed by atoms with van der Waals surface area (Å²) in [6.45, 7) is -0.416. The van der Waals surface area contributed by atoms with Crippen molar-refractivity contribution in [3.05, 3.63) is 35.4 Å². The normalized spacial score (nSPS) is 14.8. The predicted octanol–water partition coefficient (Wildman–Crippen LogP) is 3.50. The summed E-state index contributed by atoms with van der Waals surface area (Å²) in [4.78, 5) is 12.8. The Balaban J connectivity index is 1.92. The first-order chi connectivity index (χ1) is 13.3. The molecule has 148 valence electrons. The van der Waals surface area contributed by atoms with E-state index in [1.54, 1.807) is 24.3 Å². The van der Waals surface area contributed by atoms with Gasteiger partial charge in [-0.3, -0.25) is 4.79 Å². The van der Waals surface area contributed by atoms with Crippen molar-refractivity contribution in [2.75, 3.05) is 21.0 Å². The summed E-state index contributed by atoms with van der Waals surface area (Å²) in [5.74, 6) is -0.179. The Morgan fingerprint density at radius 2 is 1.46 bits per heavy atom. The van der Waals surface area contributed by atoms with Crippen LogP contribution in [0.4, 0.5) is 13.2 Å². The van der Waals surface area contributed by atoms with Crippen molar-refractivity contribution in [2.24, 2.45) is 0 Å². The van der Waals surface area contributed by atoms with E-state index in [0.717, 1.165) is 4.90 Å². The van der Waals surface area contributed by atoms with E-state index in [1.165, 1.54) is 14.2 Å². The minimum Gasteiger partial charge on any atom is -0.493 e. The Hall–Kier alpha value is -3.10. The van der Waals surface area contributed by atoms with Crippen molar-refractivity contribution < 1.29 is 36.9 Å². The topological polar surface area (TPSA) is 57.2 Å². The molecule has 2 aliphatic rings. The summed E-state index contributed by atoms with van der Waals surface area (Å²) >= 11 is 0. The van der Waals surface area contributed by atoms with E-state index in [0.29, 0.717) is 45.3 Å². The first-order valence-corrected chi connectivity index (χ1v) is 8.35. The zero-order valence-electron chi connectivity index (χ0n) is 15.1. The summed E-state index contributed by atoms with van der Waals surface area (Å²) in [7, 11) is 2.91.